The number of hydrogen-bond donors (Lipinski definition) is 8. The number of nitrogens with one attached hydrogen (secondary N) is 1. The summed E-state index contributed by atoms with van der Waals surface area (Å²) in [5, 5.41) is 67.1. The first-order chi connectivity index (χ1) is 32.6. The van der Waals surface area contributed by atoms with E-state index in [1.165, 1.54) is 26.6 Å². The zero-order valence-corrected chi connectivity index (χ0v) is 44.0. The van der Waals surface area contributed by atoms with Crippen LogP contribution in [0.2, 0.25) is 0 Å². The third-order valence-corrected chi connectivity index (χ3v) is 14.5. The van der Waals surface area contributed by atoms with E-state index in [1.54, 1.807) is 45.8 Å². The summed E-state index contributed by atoms with van der Waals surface area (Å²) in [5.74, 6) is -3.63. The molecule has 1 aromatic heterocycles. The number of phosphoric ester groups is 1. The molecule has 3 heterocycles. The smallest absolute Gasteiger partial charge is 0.448 e. The van der Waals surface area contributed by atoms with E-state index in [4.69, 9.17) is 33.2 Å². The van der Waals surface area contributed by atoms with Gasteiger partial charge in [0, 0.05) is 68.8 Å². The largest absolute Gasteiger partial charge is 0.469 e. The predicted molar refractivity (Wildman–Crippen MR) is 262 cm³/mol. The van der Waals surface area contributed by atoms with Crippen LogP contribution in [-0.4, -0.2) is 159 Å². The highest BCUT2D eigenvalue weighted by molar-refractivity contribution is 7.46. The molecule has 20 heteroatoms. The molecule has 0 aliphatic carbocycles. The van der Waals surface area contributed by atoms with Gasteiger partial charge in [0.05, 0.1) is 49.2 Å². The van der Waals surface area contributed by atoms with Crippen molar-refractivity contribution in [2.45, 2.75) is 161 Å². The highest BCUT2D eigenvalue weighted by Crippen LogP contribution is 2.59. The third-order valence-electron chi connectivity index (χ3n) is 14.0. The van der Waals surface area contributed by atoms with Gasteiger partial charge in [0.25, 0.3) is 5.91 Å². The quantitative estimate of drug-likeness (QED) is 0.0355. The number of nitrogens with zero attached hydrogens (tertiary/aromatic N) is 3. The van der Waals surface area contributed by atoms with Crippen LogP contribution in [0.15, 0.2) is 63.9 Å². The topological polar surface area (TPSA) is 287 Å². The maximum atomic E-state index is 12.6. The highest BCUT2D eigenvalue weighted by Gasteiger charge is 2.68. The van der Waals surface area contributed by atoms with E-state index < -0.39 is 97.7 Å². The lowest BCUT2D eigenvalue weighted by atomic mass is 9.72. The van der Waals surface area contributed by atoms with Gasteiger partial charge >= 0.3 is 7.82 Å². The Labute approximate surface area is 414 Å². The lowest BCUT2D eigenvalue weighted by Gasteiger charge is -2.50. The fourth-order valence-electron chi connectivity index (χ4n) is 8.96. The second kappa shape index (κ2) is 27.0. The Morgan fingerprint density at radius 3 is 2.36 bits per heavy atom. The summed E-state index contributed by atoms with van der Waals surface area (Å²) < 4.78 is 48.2. The number of aromatic nitrogens is 1. The molecule has 70 heavy (non-hydrogen) atoms. The molecule has 2 aliphatic heterocycles. The van der Waals surface area contributed by atoms with Crippen molar-refractivity contribution in [2.24, 2.45) is 23.2 Å². The van der Waals surface area contributed by atoms with E-state index in [2.05, 4.69) is 10.3 Å². The van der Waals surface area contributed by atoms with Crippen LogP contribution in [0.3, 0.4) is 0 Å². The molecular weight excluding hydrogens is 928 g/mol. The Hall–Kier alpha value is -3.42. The predicted octanol–water partition coefficient (Wildman–Crippen LogP) is 4.69. The van der Waals surface area contributed by atoms with Crippen LogP contribution in [-0.2, 0) is 32.8 Å². The second-order valence-corrected chi connectivity index (χ2v) is 21.1. The van der Waals surface area contributed by atoms with Crippen LogP contribution < -0.4 is 5.32 Å². The number of methoxy groups -OCH3 is 2. The van der Waals surface area contributed by atoms with Gasteiger partial charge in [0.1, 0.15) is 30.3 Å². The Balaban J connectivity index is 1.74. The molecule has 19 nitrogen and oxygen atoms in total. The van der Waals surface area contributed by atoms with Crippen LogP contribution in [0.25, 0.3) is 6.08 Å². The molecule has 8 N–H and O–H groups in total. The summed E-state index contributed by atoms with van der Waals surface area (Å²) in [7, 11) is 1.12. The number of oxazole rings is 1. The minimum absolute atomic E-state index is 0.0645. The number of aliphatic hydroxyl groups excluding tert-OH is 5. The molecule has 2 saturated heterocycles. The molecule has 2 fully saturated rings. The summed E-state index contributed by atoms with van der Waals surface area (Å²) in [5.41, 5.74) is 1.87. The number of likely N-dealkylation sites (N-methyl/N-ethyl adjacent to an activating group) is 1. The van der Waals surface area contributed by atoms with Crippen molar-refractivity contribution in [3.63, 3.8) is 0 Å². The van der Waals surface area contributed by atoms with E-state index in [1.807, 2.05) is 78.0 Å². The highest BCUT2D eigenvalue weighted by atomic mass is 31.2. The lowest BCUT2D eigenvalue weighted by Crippen LogP contribution is -2.58. The maximum absolute atomic E-state index is 12.6. The van der Waals surface area contributed by atoms with E-state index >= 15 is 0 Å². The minimum atomic E-state index is -5.15. The normalized spacial score (nSPS) is 27.6. The van der Waals surface area contributed by atoms with Gasteiger partial charge in [-0.15, -0.1) is 0 Å². The van der Waals surface area contributed by atoms with E-state index in [-0.39, 0.29) is 44.2 Å². The van der Waals surface area contributed by atoms with Crippen molar-refractivity contribution in [1.82, 2.24) is 15.2 Å². The zero-order valence-electron chi connectivity index (χ0n) is 43.1. The van der Waals surface area contributed by atoms with Crippen LogP contribution in [0.4, 0.5) is 0 Å². The van der Waals surface area contributed by atoms with Crippen molar-refractivity contribution >= 4 is 19.8 Å². The fraction of sp³-hybridized carbons (Fsp3) is 0.700. The molecule has 15 atom stereocenters. The number of carbonyl (C=O) groups excluding carboxylic acids is 1. The summed E-state index contributed by atoms with van der Waals surface area (Å²) in [6, 6.07) is 1.40. The van der Waals surface area contributed by atoms with Crippen molar-refractivity contribution in [1.29, 1.82) is 5.26 Å². The molecule has 1 aromatic rings. The van der Waals surface area contributed by atoms with Crippen molar-refractivity contribution in [2.75, 3.05) is 41.5 Å². The van der Waals surface area contributed by atoms with Gasteiger partial charge in [-0.05, 0) is 64.9 Å². The van der Waals surface area contributed by atoms with Crippen molar-refractivity contribution < 1.29 is 72.6 Å². The molecule has 2 aliphatic rings. The molecule has 1 amide bonds. The Morgan fingerprint density at radius 1 is 1.09 bits per heavy atom. The number of rotatable bonds is 26. The average molecular weight is 1010 g/mol. The molecule has 0 bridgehead atoms. The van der Waals surface area contributed by atoms with Gasteiger partial charge in [-0.25, -0.2) is 9.55 Å². The van der Waals surface area contributed by atoms with Gasteiger partial charge in [-0.3, -0.25) is 9.32 Å². The molecule has 1 spiro atoms. The summed E-state index contributed by atoms with van der Waals surface area (Å²) in [6.07, 6.45) is 4.10. The minimum Gasteiger partial charge on any atom is -0.448 e. The van der Waals surface area contributed by atoms with Crippen LogP contribution in [0, 0.1) is 34.5 Å². The first kappa shape index (κ1) is 60.9. The van der Waals surface area contributed by atoms with Crippen molar-refractivity contribution in [3.05, 3.63) is 71.0 Å². The number of amides is 1. The van der Waals surface area contributed by atoms with E-state index in [9.17, 15) is 44.7 Å². The van der Waals surface area contributed by atoms with Gasteiger partial charge in [0.2, 0.25) is 0 Å². The van der Waals surface area contributed by atoms with E-state index in [0.29, 0.717) is 18.0 Å². The second-order valence-electron chi connectivity index (χ2n) is 19.9. The van der Waals surface area contributed by atoms with Gasteiger partial charge in [-0.2, -0.15) is 5.26 Å². The summed E-state index contributed by atoms with van der Waals surface area (Å²) in [4.78, 5) is 39.2. The van der Waals surface area contributed by atoms with Crippen molar-refractivity contribution in [3.8, 4) is 6.07 Å². The Morgan fingerprint density at radius 2 is 1.76 bits per heavy atom. The van der Waals surface area contributed by atoms with Crippen LogP contribution >= 0.6 is 7.82 Å². The monoisotopic (exact) mass is 1010 g/mol. The van der Waals surface area contributed by atoms with Gasteiger partial charge < -0.3 is 68.9 Å². The molecule has 3 rings (SSSR count). The molecular formula is C50H81N4O15P. The van der Waals surface area contributed by atoms with Crippen LogP contribution in [0.1, 0.15) is 105 Å². The number of hydrogen-bond acceptors (Lipinski definition) is 16. The number of carbonyl (C=O) groups is 1. The molecule has 0 aromatic carbocycles. The number of nitriles is 1. The summed E-state index contributed by atoms with van der Waals surface area (Å²) >= 11 is 0. The number of ether oxygens (including phenoxy) is 4. The number of phosphoric acid groups is 1. The number of aliphatic hydroxyl groups is 5. The fourth-order valence-corrected chi connectivity index (χ4v) is 9.64. The SMILES string of the molecule is COCC(C(O)C(O)C(=O)NCCC(C)c1nc(C=CCC2O[C@]3(CC(O)C2C)OC(C(CC(O)C(C)C(O)C(C)C=C(C)C(C)=CC=CC(C)=CC#N)OC)C(OP(=O)(O)O)C3(C)C)co1)N(C)C. The summed E-state index contributed by atoms with van der Waals surface area (Å²) in [6.45, 7) is 16.6. The zero-order chi connectivity index (χ0) is 52.9. The maximum Gasteiger partial charge on any atom is 0.469 e. The third kappa shape index (κ3) is 16.3. The molecule has 0 saturated carbocycles. The molecule has 14 unspecified atom stereocenters. The Bertz CT molecular complexity index is 2080. The first-order valence-corrected chi connectivity index (χ1v) is 25.4. The number of allylic oxidation sites excluding steroid dienone is 7. The average Bonchev–Trinajstić information content (AvgIpc) is 3.84. The van der Waals surface area contributed by atoms with Gasteiger partial charge in [-0.1, -0.05) is 77.5 Å². The van der Waals surface area contributed by atoms with E-state index in [0.717, 1.165) is 16.7 Å². The molecule has 0 radical (unpaired) electrons. The lowest BCUT2D eigenvalue weighted by molar-refractivity contribution is -0.334. The van der Waals surface area contributed by atoms with Crippen LogP contribution in [0.5, 0.6) is 0 Å². The molecule has 396 valence electrons. The Kier molecular flexibility index (Phi) is 23.5. The first-order valence-electron chi connectivity index (χ1n) is 23.8. The standard InChI is InChI=1S/C50H81N4O15P/c1-29(20-22-51)16-14-17-30(2)32(4)24-33(5)42(57)35(7)38(55)25-41(65-13)45-46(69-70(61,62)63)49(8,9)50(68-45)26-39(56)34(6)40(67-50)19-15-18-36-27-66-48(53-36)31(3)21-23-52-47(60)44(59)43(58)37(28-64-12)54(10)11/h14-18,20,24,27,31,33-35,37-46,55-59H,19,21,23,25-26,28H2,1-13H3,(H,52,60)(H2,61,62,63)/t31?,33?,34?,35?,37?,38?,39?,40?,41?,42?,43?,44?,45?,46?,50-/m1/s1. The van der Waals surface area contributed by atoms with Gasteiger partial charge in [0.15, 0.2) is 17.8 Å².